The zero-order valence-corrected chi connectivity index (χ0v) is 9.74. The van der Waals surface area contributed by atoms with Crippen molar-refractivity contribution in [1.29, 1.82) is 0 Å². The van der Waals surface area contributed by atoms with Gasteiger partial charge in [-0.25, -0.2) is 8.78 Å². The second-order valence-corrected chi connectivity index (χ2v) is 5.08. The van der Waals surface area contributed by atoms with E-state index in [1.54, 1.807) is 6.92 Å². The lowest BCUT2D eigenvalue weighted by molar-refractivity contribution is -0.149. The molecule has 0 radical (unpaired) electrons. The molecule has 0 aromatic carbocycles. The summed E-state index contributed by atoms with van der Waals surface area (Å²) in [6.45, 7) is 5.49. The number of hydrogen-bond donors (Lipinski definition) is 1. The Morgan fingerprint density at radius 2 is 2.00 bits per heavy atom. The monoisotopic (exact) mass is 242 g/mol. The van der Waals surface area contributed by atoms with Gasteiger partial charge in [0.05, 0.1) is 6.54 Å². The van der Waals surface area contributed by atoms with E-state index in [1.807, 2.05) is 13.8 Å². The van der Waals surface area contributed by atoms with Crippen LogP contribution in [0.4, 0.5) is 17.6 Å². The molecule has 0 aliphatic carbocycles. The minimum atomic E-state index is -3.93. The van der Waals surface area contributed by atoms with Crippen LogP contribution in [-0.2, 0) is 0 Å². The van der Waals surface area contributed by atoms with Crippen molar-refractivity contribution >= 4 is 0 Å². The fourth-order valence-electron chi connectivity index (χ4n) is 1.82. The first-order chi connectivity index (χ1) is 7.14. The van der Waals surface area contributed by atoms with Crippen molar-refractivity contribution in [3.05, 3.63) is 0 Å². The highest BCUT2D eigenvalue weighted by Crippen LogP contribution is 2.26. The zero-order chi connectivity index (χ0) is 12.6. The van der Waals surface area contributed by atoms with E-state index in [9.17, 15) is 17.6 Å². The van der Waals surface area contributed by atoms with Gasteiger partial charge in [-0.05, 0) is 20.8 Å². The van der Waals surface area contributed by atoms with Gasteiger partial charge >= 0.3 is 12.3 Å². The molecule has 16 heavy (non-hydrogen) atoms. The molecule has 0 aromatic rings. The van der Waals surface area contributed by atoms with E-state index in [0.717, 1.165) is 0 Å². The van der Waals surface area contributed by atoms with Crippen LogP contribution in [-0.4, -0.2) is 48.5 Å². The average molecular weight is 242 g/mol. The summed E-state index contributed by atoms with van der Waals surface area (Å²) in [5.41, 5.74) is -0.315. The molecule has 96 valence electrons. The largest absolute Gasteiger partial charge is 0.319 e. The van der Waals surface area contributed by atoms with Gasteiger partial charge in [0.25, 0.3) is 0 Å². The lowest BCUT2D eigenvalue weighted by atomic mass is 9.99. The van der Waals surface area contributed by atoms with Crippen LogP contribution in [0.25, 0.3) is 0 Å². The molecular weight excluding hydrogens is 224 g/mol. The molecule has 1 aliphatic rings. The summed E-state index contributed by atoms with van der Waals surface area (Å²) in [6.07, 6.45) is -3.60. The second-order valence-electron chi connectivity index (χ2n) is 5.08. The van der Waals surface area contributed by atoms with Gasteiger partial charge in [-0.1, -0.05) is 0 Å². The molecule has 1 fully saturated rings. The molecule has 1 unspecified atom stereocenters. The molecule has 1 aliphatic heterocycles. The van der Waals surface area contributed by atoms with Crippen molar-refractivity contribution in [2.75, 3.05) is 19.6 Å². The maximum Gasteiger partial charge on any atom is 0.319 e. The molecule has 0 bridgehead atoms. The lowest BCUT2D eigenvalue weighted by Gasteiger charge is -2.44. The van der Waals surface area contributed by atoms with Crippen LogP contribution in [0.2, 0.25) is 0 Å². The van der Waals surface area contributed by atoms with Crippen molar-refractivity contribution in [3.8, 4) is 0 Å². The van der Waals surface area contributed by atoms with Gasteiger partial charge < -0.3 is 5.32 Å². The Balaban J connectivity index is 2.65. The molecule has 1 N–H and O–H groups in total. The van der Waals surface area contributed by atoms with Gasteiger partial charge in [0.2, 0.25) is 0 Å². The third kappa shape index (κ3) is 3.31. The first-order valence-electron chi connectivity index (χ1n) is 5.29. The van der Waals surface area contributed by atoms with E-state index in [0.29, 0.717) is 13.1 Å². The van der Waals surface area contributed by atoms with Crippen molar-refractivity contribution in [2.45, 2.75) is 44.7 Å². The molecule has 1 atom stereocenters. The minimum Gasteiger partial charge on any atom is -0.309 e. The molecule has 1 saturated heterocycles. The fourth-order valence-corrected chi connectivity index (χ4v) is 1.82. The normalized spacial score (nSPS) is 27.4. The third-order valence-electron chi connectivity index (χ3n) is 2.83. The standard InChI is InChI=1S/C10H18F4N2/c1-7-4-15-9(2,3)5-16(7)6-10(13,14)8(11)12/h7-8,15H,4-6H2,1-3H3. The number of hydrogen-bond acceptors (Lipinski definition) is 2. The minimum absolute atomic E-state index is 0.155. The van der Waals surface area contributed by atoms with E-state index in [4.69, 9.17) is 0 Å². The predicted octanol–water partition coefficient (Wildman–Crippen LogP) is 1.96. The van der Waals surface area contributed by atoms with E-state index in [2.05, 4.69) is 5.32 Å². The number of nitrogens with one attached hydrogen (secondary N) is 1. The highest BCUT2D eigenvalue weighted by Gasteiger charge is 2.44. The Morgan fingerprint density at radius 3 is 2.50 bits per heavy atom. The van der Waals surface area contributed by atoms with Crippen molar-refractivity contribution in [3.63, 3.8) is 0 Å². The molecule has 0 spiro atoms. The number of halogens is 4. The smallest absolute Gasteiger partial charge is 0.309 e. The molecule has 0 amide bonds. The molecule has 0 aromatic heterocycles. The molecule has 2 nitrogen and oxygen atoms in total. The Labute approximate surface area is 93.0 Å². The highest BCUT2D eigenvalue weighted by atomic mass is 19.3. The summed E-state index contributed by atoms with van der Waals surface area (Å²) in [7, 11) is 0. The van der Waals surface area contributed by atoms with Crippen LogP contribution in [0.15, 0.2) is 0 Å². The Bertz CT molecular complexity index is 243. The molecule has 6 heteroatoms. The molecule has 0 saturated carbocycles. The van der Waals surface area contributed by atoms with Gasteiger partial charge in [0.1, 0.15) is 0 Å². The summed E-state index contributed by atoms with van der Waals surface area (Å²) in [4.78, 5) is 1.42. The third-order valence-corrected chi connectivity index (χ3v) is 2.83. The van der Waals surface area contributed by atoms with Crippen molar-refractivity contribution < 1.29 is 17.6 Å². The van der Waals surface area contributed by atoms with E-state index >= 15 is 0 Å². The number of rotatable bonds is 3. The van der Waals surface area contributed by atoms with Crippen LogP contribution in [0, 0.1) is 0 Å². The number of nitrogens with zero attached hydrogens (tertiary/aromatic N) is 1. The van der Waals surface area contributed by atoms with Gasteiger partial charge in [-0.2, -0.15) is 8.78 Å². The summed E-state index contributed by atoms with van der Waals surface area (Å²) in [6, 6.07) is -0.155. The summed E-state index contributed by atoms with van der Waals surface area (Å²) in [5.74, 6) is -3.93. The molecule has 1 rings (SSSR count). The Hall–Kier alpha value is -0.360. The topological polar surface area (TPSA) is 15.3 Å². The fraction of sp³-hybridized carbons (Fsp3) is 1.00. The maximum atomic E-state index is 12.9. The molecule has 1 heterocycles. The highest BCUT2D eigenvalue weighted by molar-refractivity contribution is 4.92. The second kappa shape index (κ2) is 4.49. The summed E-state index contributed by atoms with van der Waals surface area (Å²) in [5, 5.41) is 3.18. The first kappa shape index (κ1) is 13.7. The quantitative estimate of drug-likeness (QED) is 0.761. The van der Waals surface area contributed by atoms with Crippen molar-refractivity contribution in [2.24, 2.45) is 0 Å². The predicted molar refractivity (Wildman–Crippen MR) is 54.1 cm³/mol. The van der Waals surface area contributed by atoms with Crippen LogP contribution < -0.4 is 5.32 Å². The van der Waals surface area contributed by atoms with Gasteiger partial charge in [0.15, 0.2) is 0 Å². The van der Waals surface area contributed by atoms with Crippen LogP contribution >= 0.6 is 0 Å². The van der Waals surface area contributed by atoms with Gasteiger partial charge in [-0.3, -0.25) is 4.90 Å². The summed E-state index contributed by atoms with van der Waals surface area (Å²) >= 11 is 0. The number of piperazine rings is 1. The van der Waals surface area contributed by atoms with Crippen LogP contribution in [0.3, 0.4) is 0 Å². The SMILES string of the molecule is CC1CNC(C)(C)CN1CC(F)(F)C(F)F. The van der Waals surface area contributed by atoms with E-state index < -0.39 is 18.9 Å². The van der Waals surface area contributed by atoms with Crippen molar-refractivity contribution in [1.82, 2.24) is 10.2 Å². The molecular formula is C10H18F4N2. The Morgan fingerprint density at radius 1 is 1.44 bits per heavy atom. The zero-order valence-electron chi connectivity index (χ0n) is 9.74. The van der Waals surface area contributed by atoms with E-state index in [-0.39, 0.29) is 11.6 Å². The number of alkyl halides is 4. The maximum absolute atomic E-state index is 12.9. The van der Waals surface area contributed by atoms with E-state index in [1.165, 1.54) is 4.90 Å². The van der Waals surface area contributed by atoms with Crippen LogP contribution in [0.5, 0.6) is 0 Å². The Kier molecular flexibility index (Phi) is 3.84. The van der Waals surface area contributed by atoms with Crippen LogP contribution in [0.1, 0.15) is 20.8 Å². The van der Waals surface area contributed by atoms with Gasteiger partial charge in [0, 0.05) is 24.7 Å². The lowest BCUT2D eigenvalue weighted by Crippen LogP contribution is -2.62. The first-order valence-corrected chi connectivity index (χ1v) is 5.29. The average Bonchev–Trinajstić information content (AvgIpc) is 2.10. The van der Waals surface area contributed by atoms with Gasteiger partial charge in [-0.15, -0.1) is 0 Å². The summed E-state index contributed by atoms with van der Waals surface area (Å²) < 4.78 is 50.1.